The van der Waals surface area contributed by atoms with Crippen LogP contribution in [-0.4, -0.2) is 81.0 Å². The van der Waals surface area contributed by atoms with Crippen molar-refractivity contribution in [2.45, 2.75) is 56.5 Å². The summed E-state index contributed by atoms with van der Waals surface area (Å²) >= 11 is 3.90. The van der Waals surface area contributed by atoms with Gasteiger partial charge in [0.05, 0.1) is 12.1 Å². The number of hydrogen-bond acceptors (Lipinski definition) is 8. The molecule has 5 unspecified atom stereocenters. The maximum atomic E-state index is 12.9. The number of benzene rings is 1. The number of nitrogens with two attached hydrogens (primary N) is 1. The highest BCUT2D eigenvalue weighted by atomic mass is 32.1. The Morgan fingerprint density at radius 3 is 2.03 bits per heavy atom. The van der Waals surface area contributed by atoms with Crippen LogP contribution in [0.4, 0.5) is 0 Å². The third kappa shape index (κ3) is 9.77. The first-order chi connectivity index (χ1) is 16.0. The van der Waals surface area contributed by atoms with Crippen LogP contribution < -0.4 is 21.7 Å². The van der Waals surface area contributed by atoms with Gasteiger partial charge in [0.2, 0.25) is 17.7 Å². The zero-order valence-corrected chi connectivity index (χ0v) is 19.4. The first-order valence-electron chi connectivity index (χ1n) is 10.4. The molecule has 0 spiro atoms. The Morgan fingerprint density at radius 2 is 1.53 bits per heavy atom. The summed E-state index contributed by atoms with van der Waals surface area (Å²) in [6.07, 6.45) is -1.94. The molecule has 0 aliphatic carbocycles. The third-order valence-electron chi connectivity index (χ3n) is 4.78. The molecule has 3 amide bonds. The third-order valence-corrected chi connectivity index (χ3v) is 5.15. The van der Waals surface area contributed by atoms with Crippen LogP contribution in [0.3, 0.4) is 0 Å². The van der Waals surface area contributed by atoms with Crippen molar-refractivity contribution < 1.29 is 39.3 Å². The molecule has 0 fully saturated rings. The van der Waals surface area contributed by atoms with E-state index < -0.39 is 59.9 Å². The number of hydrogen-bond donors (Lipinski definition) is 8. The van der Waals surface area contributed by atoms with Crippen molar-refractivity contribution in [1.29, 1.82) is 0 Å². The normalized spacial score (nSPS) is 15.2. The lowest BCUT2D eigenvalue weighted by molar-refractivity contribution is -0.142. The molecular formula is C21H30N4O8S. The van der Waals surface area contributed by atoms with Crippen LogP contribution in [0, 0.1) is 0 Å². The van der Waals surface area contributed by atoms with Gasteiger partial charge in [0, 0.05) is 18.6 Å². The quantitative estimate of drug-likeness (QED) is 0.137. The van der Waals surface area contributed by atoms with Crippen molar-refractivity contribution in [1.82, 2.24) is 16.0 Å². The van der Waals surface area contributed by atoms with Gasteiger partial charge in [-0.25, -0.2) is 4.79 Å². The highest BCUT2D eigenvalue weighted by molar-refractivity contribution is 7.80. The number of rotatable bonds is 14. The maximum absolute atomic E-state index is 12.9. The van der Waals surface area contributed by atoms with Gasteiger partial charge in [-0.05, 0) is 18.9 Å². The van der Waals surface area contributed by atoms with E-state index in [1.807, 2.05) is 0 Å². The van der Waals surface area contributed by atoms with Crippen LogP contribution in [0.2, 0.25) is 0 Å². The smallest absolute Gasteiger partial charge is 0.327 e. The van der Waals surface area contributed by atoms with Gasteiger partial charge in [-0.2, -0.15) is 12.6 Å². The molecule has 1 rings (SSSR count). The van der Waals surface area contributed by atoms with E-state index in [4.69, 9.17) is 10.8 Å². The molecule has 34 heavy (non-hydrogen) atoms. The van der Waals surface area contributed by atoms with Crippen LogP contribution in [0.1, 0.15) is 25.3 Å². The van der Waals surface area contributed by atoms with Crippen LogP contribution in [0.5, 0.6) is 0 Å². The number of aliphatic hydroxyl groups excluding tert-OH is 1. The zero-order valence-electron chi connectivity index (χ0n) is 18.5. The molecule has 13 heteroatoms. The summed E-state index contributed by atoms with van der Waals surface area (Å²) in [7, 11) is 0. The fraction of sp³-hybridized carbons (Fsp3) is 0.476. The number of carbonyl (C=O) groups excluding carboxylic acids is 3. The summed E-state index contributed by atoms with van der Waals surface area (Å²) in [5, 5.41) is 34.9. The van der Waals surface area contributed by atoms with Gasteiger partial charge < -0.3 is 37.0 Å². The van der Waals surface area contributed by atoms with Crippen molar-refractivity contribution >= 4 is 42.3 Å². The van der Waals surface area contributed by atoms with Gasteiger partial charge in [-0.3, -0.25) is 19.2 Å². The average Bonchev–Trinajstić information content (AvgIpc) is 2.78. The Labute approximate surface area is 201 Å². The lowest BCUT2D eigenvalue weighted by atomic mass is 10.0. The number of carboxylic acid groups (broad SMARTS) is 2. The van der Waals surface area contributed by atoms with Crippen molar-refractivity contribution in [3.8, 4) is 0 Å². The Hall–Kier alpha value is -3.16. The number of amides is 3. The Balaban J connectivity index is 3.01. The Bertz CT molecular complexity index is 868. The average molecular weight is 499 g/mol. The highest BCUT2D eigenvalue weighted by Gasteiger charge is 2.32. The number of aliphatic carboxylic acids is 2. The lowest BCUT2D eigenvalue weighted by Gasteiger charge is -2.26. The summed E-state index contributed by atoms with van der Waals surface area (Å²) in [5.74, 6) is -5.21. The van der Waals surface area contributed by atoms with Crippen LogP contribution >= 0.6 is 12.6 Å². The Kier molecular flexibility index (Phi) is 12.0. The molecule has 0 aromatic heterocycles. The standard InChI is InChI=1S/C21H30N4O8S/c1-11(26)17(25-18(29)13(22)7-8-16(27)28)20(31)23-14(9-12-5-3-2-4-6-12)19(30)24-15(10-34)21(32)33/h2-6,11,13-15,17,26,34H,7-10,22H2,1H3,(H,23,31)(H,24,30)(H,25,29)(H,27,28)(H,32,33). The monoisotopic (exact) mass is 498 g/mol. The van der Waals surface area contributed by atoms with Crippen LogP contribution in [0.15, 0.2) is 30.3 Å². The molecule has 5 atom stereocenters. The number of nitrogens with one attached hydrogen (secondary N) is 3. The molecule has 8 N–H and O–H groups in total. The van der Waals surface area contributed by atoms with Crippen molar-refractivity contribution in [3.63, 3.8) is 0 Å². The Morgan fingerprint density at radius 1 is 0.941 bits per heavy atom. The summed E-state index contributed by atoms with van der Waals surface area (Å²) in [4.78, 5) is 59.9. The van der Waals surface area contributed by atoms with Crippen molar-refractivity contribution in [2.24, 2.45) is 5.73 Å². The molecule has 0 saturated carbocycles. The first-order valence-corrected chi connectivity index (χ1v) is 11.0. The van der Waals surface area contributed by atoms with Crippen LogP contribution in [0.25, 0.3) is 0 Å². The molecule has 188 valence electrons. The van der Waals surface area contributed by atoms with E-state index in [9.17, 15) is 34.2 Å². The fourth-order valence-corrected chi connectivity index (χ4v) is 3.10. The molecule has 0 aliphatic heterocycles. The summed E-state index contributed by atoms with van der Waals surface area (Å²) in [5.41, 5.74) is 6.31. The second kappa shape index (κ2) is 14.2. The van der Waals surface area contributed by atoms with E-state index in [0.717, 1.165) is 0 Å². The number of aliphatic hydroxyl groups is 1. The lowest BCUT2D eigenvalue weighted by Crippen LogP contribution is -2.60. The predicted molar refractivity (Wildman–Crippen MR) is 124 cm³/mol. The molecule has 0 aliphatic rings. The second-order valence-electron chi connectivity index (χ2n) is 7.60. The maximum Gasteiger partial charge on any atom is 0.327 e. The van der Waals surface area contributed by atoms with E-state index in [0.29, 0.717) is 5.56 Å². The molecule has 12 nitrogen and oxygen atoms in total. The first kappa shape index (κ1) is 28.9. The molecule has 0 saturated heterocycles. The molecule has 1 aromatic rings. The molecule has 0 radical (unpaired) electrons. The molecule has 1 aromatic carbocycles. The van der Waals surface area contributed by atoms with Gasteiger partial charge in [-0.1, -0.05) is 30.3 Å². The topological polar surface area (TPSA) is 208 Å². The van der Waals surface area contributed by atoms with Crippen LogP contribution in [-0.2, 0) is 30.4 Å². The van der Waals surface area contributed by atoms with Gasteiger partial charge >= 0.3 is 11.9 Å². The summed E-state index contributed by atoms with van der Waals surface area (Å²) < 4.78 is 0. The summed E-state index contributed by atoms with van der Waals surface area (Å²) in [6.45, 7) is 1.24. The SMILES string of the molecule is CC(O)C(NC(=O)C(N)CCC(=O)O)C(=O)NC(Cc1ccccc1)C(=O)NC(CS)C(=O)O. The summed E-state index contributed by atoms with van der Waals surface area (Å²) in [6, 6.07) is 3.32. The zero-order chi connectivity index (χ0) is 25.8. The van der Waals surface area contributed by atoms with Crippen molar-refractivity contribution in [3.05, 3.63) is 35.9 Å². The fourth-order valence-electron chi connectivity index (χ4n) is 2.85. The van der Waals surface area contributed by atoms with E-state index in [1.165, 1.54) is 6.92 Å². The number of thiol groups is 1. The highest BCUT2D eigenvalue weighted by Crippen LogP contribution is 2.06. The minimum atomic E-state index is -1.50. The predicted octanol–water partition coefficient (Wildman–Crippen LogP) is -1.73. The second-order valence-corrected chi connectivity index (χ2v) is 7.96. The largest absolute Gasteiger partial charge is 0.481 e. The van der Waals surface area contributed by atoms with E-state index in [2.05, 4.69) is 28.6 Å². The minimum absolute atomic E-state index is 0.00404. The van der Waals surface area contributed by atoms with Crippen molar-refractivity contribution in [2.75, 3.05) is 5.75 Å². The molecule has 0 bridgehead atoms. The van der Waals surface area contributed by atoms with Gasteiger partial charge in [0.25, 0.3) is 0 Å². The number of carbonyl (C=O) groups is 5. The van der Waals surface area contributed by atoms with Gasteiger partial charge in [-0.15, -0.1) is 0 Å². The van der Waals surface area contributed by atoms with E-state index >= 15 is 0 Å². The molecular weight excluding hydrogens is 468 g/mol. The van der Waals surface area contributed by atoms with Gasteiger partial charge in [0.1, 0.15) is 18.1 Å². The molecule has 0 heterocycles. The number of carboxylic acids is 2. The minimum Gasteiger partial charge on any atom is -0.481 e. The van der Waals surface area contributed by atoms with E-state index in [1.54, 1.807) is 30.3 Å². The van der Waals surface area contributed by atoms with E-state index in [-0.39, 0.29) is 25.0 Å². The van der Waals surface area contributed by atoms with Gasteiger partial charge in [0.15, 0.2) is 0 Å².